The predicted molar refractivity (Wildman–Crippen MR) is 102 cm³/mol. The lowest BCUT2D eigenvalue weighted by Crippen LogP contribution is -2.31. The number of hydrogen-bond acceptors (Lipinski definition) is 5. The van der Waals surface area contributed by atoms with E-state index < -0.39 is 10.0 Å². The third-order valence-corrected chi connectivity index (χ3v) is 8.46. The second-order valence-corrected chi connectivity index (χ2v) is 9.58. The summed E-state index contributed by atoms with van der Waals surface area (Å²) in [5.74, 6) is -0.244. The standard InChI is InChI=1S/C18H25N3O3S2/c1-5-20(6-2)26(23,24)17-12(3)19-21(13(17)4)18(22)16-11-14-9-7-8-10-15(14)25-16/h11H,5-10H2,1-4H3. The van der Waals surface area contributed by atoms with E-state index in [1.165, 1.54) is 30.8 Å². The van der Waals surface area contributed by atoms with E-state index in [1.807, 2.05) is 6.07 Å². The minimum absolute atomic E-state index is 0.149. The predicted octanol–water partition coefficient (Wildman–Crippen LogP) is 3.16. The van der Waals surface area contributed by atoms with E-state index in [1.54, 1.807) is 27.7 Å². The molecule has 0 unspecified atom stereocenters. The smallest absolute Gasteiger partial charge is 0.266 e. The van der Waals surface area contributed by atoms with Crippen LogP contribution < -0.4 is 0 Å². The maximum absolute atomic E-state index is 13.0. The van der Waals surface area contributed by atoms with Crippen molar-refractivity contribution in [2.45, 2.75) is 58.3 Å². The van der Waals surface area contributed by atoms with Gasteiger partial charge in [0.2, 0.25) is 10.0 Å². The number of hydrogen-bond donors (Lipinski definition) is 0. The monoisotopic (exact) mass is 395 g/mol. The summed E-state index contributed by atoms with van der Waals surface area (Å²) in [6.07, 6.45) is 4.35. The summed E-state index contributed by atoms with van der Waals surface area (Å²) in [4.78, 5) is 15.0. The SMILES string of the molecule is CCN(CC)S(=O)(=O)c1c(C)nn(C(=O)c2cc3c(s2)CCCC3)c1C. The van der Waals surface area contributed by atoms with Crippen molar-refractivity contribution in [3.05, 3.63) is 32.8 Å². The van der Waals surface area contributed by atoms with Gasteiger partial charge in [0.05, 0.1) is 16.3 Å². The number of carbonyl (C=O) groups is 1. The maximum atomic E-state index is 13.0. The van der Waals surface area contributed by atoms with Gasteiger partial charge in [-0.25, -0.2) is 8.42 Å². The average Bonchev–Trinajstić information content (AvgIpc) is 3.16. The minimum atomic E-state index is -3.66. The lowest BCUT2D eigenvalue weighted by molar-refractivity contribution is 0.0946. The molecule has 142 valence electrons. The zero-order chi connectivity index (χ0) is 19.1. The summed E-state index contributed by atoms with van der Waals surface area (Å²) in [6.45, 7) is 7.67. The Bertz CT molecular complexity index is 914. The van der Waals surface area contributed by atoms with Gasteiger partial charge in [0.1, 0.15) is 4.90 Å². The number of sulfonamides is 1. The molecule has 0 amide bonds. The molecular weight excluding hydrogens is 370 g/mol. The van der Waals surface area contributed by atoms with Crippen molar-refractivity contribution in [2.75, 3.05) is 13.1 Å². The van der Waals surface area contributed by atoms with E-state index in [0.717, 1.165) is 25.7 Å². The fourth-order valence-corrected chi connectivity index (χ4v) is 6.58. The third kappa shape index (κ3) is 3.14. The minimum Gasteiger partial charge on any atom is -0.266 e. The number of thiophene rings is 1. The van der Waals surface area contributed by atoms with Crippen molar-refractivity contribution in [1.29, 1.82) is 0 Å². The van der Waals surface area contributed by atoms with Gasteiger partial charge in [-0.1, -0.05) is 13.8 Å². The van der Waals surface area contributed by atoms with Crippen molar-refractivity contribution in [1.82, 2.24) is 14.1 Å². The van der Waals surface area contributed by atoms with Crippen LogP contribution >= 0.6 is 11.3 Å². The Labute approximate surface area is 158 Å². The summed E-state index contributed by atoms with van der Waals surface area (Å²) in [5, 5.41) is 4.28. The highest BCUT2D eigenvalue weighted by Gasteiger charge is 2.31. The Hall–Kier alpha value is -1.51. The van der Waals surface area contributed by atoms with Crippen LogP contribution in [0.25, 0.3) is 0 Å². The molecule has 0 radical (unpaired) electrons. The molecule has 0 spiro atoms. The van der Waals surface area contributed by atoms with Crippen LogP contribution in [0.15, 0.2) is 11.0 Å². The van der Waals surface area contributed by atoms with E-state index in [0.29, 0.717) is 29.4 Å². The van der Waals surface area contributed by atoms with E-state index >= 15 is 0 Å². The largest absolute Gasteiger partial charge is 0.288 e. The fourth-order valence-electron chi connectivity index (χ4n) is 3.59. The molecule has 1 aliphatic rings. The summed E-state index contributed by atoms with van der Waals surface area (Å²) in [7, 11) is -3.66. The molecule has 0 N–H and O–H groups in total. The van der Waals surface area contributed by atoms with Crippen molar-refractivity contribution >= 4 is 27.3 Å². The molecule has 8 heteroatoms. The van der Waals surface area contributed by atoms with Crippen molar-refractivity contribution in [3.63, 3.8) is 0 Å². The van der Waals surface area contributed by atoms with Gasteiger partial charge in [-0.2, -0.15) is 14.1 Å². The lowest BCUT2D eigenvalue weighted by atomic mass is 9.99. The summed E-state index contributed by atoms with van der Waals surface area (Å²) in [6, 6.07) is 1.95. The number of fused-ring (bicyclic) bond motifs is 1. The molecule has 2 aromatic rings. The molecule has 0 aliphatic heterocycles. The van der Waals surface area contributed by atoms with Gasteiger partial charge in [-0.3, -0.25) is 4.79 Å². The number of rotatable bonds is 5. The van der Waals surface area contributed by atoms with Crippen molar-refractivity contribution in [3.8, 4) is 0 Å². The van der Waals surface area contributed by atoms with Gasteiger partial charge >= 0.3 is 0 Å². The topological polar surface area (TPSA) is 72.3 Å². The van der Waals surface area contributed by atoms with Crippen LogP contribution in [0.2, 0.25) is 0 Å². The molecule has 3 rings (SSSR count). The normalized spacial score (nSPS) is 14.7. The van der Waals surface area contributed by atoms with Gasteiger partial charge in [0.15, 0.2) is 0 Å². The second kappa shape index (κ2) is 7.25. The number of carbonyl (C=O) groups excluding carboxylic acids is 1. The number of aromatic nitrogens is 2. The Morgan fingerprint density at radius 2 is 1.88 bits per heavy atom. The van der Waals surface area contributed by atoms with E-state index in [4.69, 9.17) is 0 Å². The first-order valence-electron chi connectivity index (χ1n) is 9.03. The van der Waals surface area contributed by atoms with Crippen LogP contribution in [0.5, 0.6) is 0 Å². The highest BCUT2D eigenvalue weighted by Crippen LogP contribution is 2.31. The van der Waals surface area contributed by atoms with Crippen LogP contribution in [0, 0.1) is 13.8 Å². The highest BCUT2D eigenvalue weighted by molar-refractivity contribution is 7.89. The van der Waals surface area contributed by atoms with Crippen LogP contribution in [0.1, 0.15) is 58.2 Å². The van der Waals surface area contributed by atoms with Crippen LogP contribution in [0.3, 0.4) is 0 Å². The van der Waals surface area contributed by atoms with Gasteiger partial charge in [0.25, 0.3) is 5.91 Å². The molecule has 0 fully saturated rings. The van der Waals surface area contributed by atoms with Gasteiger partial charge in [0, 0.05) is 18.0 Å². The molecule has 0 saturated carbocycles. The average molecular weight is 396 g/mol. The first kappa shape index (κ1) is 19.3. The molecule has 0 atom stereocenters. The molecule has 0 bridgehead atoms. The van der Waals surface area contributed by atoms with Gasteiger partial charge < -0.3 is 0 Å². The zero-order valence-corrected chi connectivity index (χ0v) is 17.3. The quantitative estimate of drug-likeness (QED) is 0.780. The zero-order valence-electron chi connectivity index (χ0n) is 15.7. The van der Waals surface area contributed by atoms with Gasteiger partial charge in [-0.15, -0.1) is 11.3 Å². The highest BCUT2D eigenvalue weighted by atomic mass is 32.2. The van der Waals surface area contributed by atoms with Crippen molar-refractivity contribution < 1.29 is 13.2 Å². The molecule has 2 aromatic heterocycles. The summed E-state index contributed by atoms with van der Waals surface area (Å²) < 4.78 is 28.5. The van der Waals surface area contributed by atoms with Crippen LogP contribution in [-0.2, 0) is 22.9 Å². The second-order valence-electron chi connectivity index (χ2n) is 6.57. The fraction of sp³-hybridized carbons (Fsp3) is 0.556. The molecular formula is C18H25N3O3S2. The van der Waals surface area contributed by atoms with Crippen molar-refractivity contribution in [2.24, 2.45) is 0 Å². The third-order valence-electron chi connectivity index (χ3n) is 4.93. The maximum Gasteiger partial charge on any atom is 0.288 e. The molecule has 26 heavy (non-hydrogen) atoms. The summed E-state index contributed by atoms with van der Waals surface area (Å²) >= 11 is 1.51. The first-order valence-corrected chi connectivity index (χ1v) is 11.3. The molecule has 0 saturated heterocycles. The van der Waals surface area contributed by atoms with Crippen LogP contribution in [0.4, 0.5) is 0 Å². The molecule has 1 aliphatic carbocycles. The molecule has 6 nitrogen and oxygen atoms in total. The first-order chi connectivity index (χ1) is 12.3. The molecule has 0 aromatic carbocycles. The Kier molecular flexibility index (Phi) is 5.37. The Morgan fingerprint density at radius 1 is 1.23 bits per heavy atom. The van der Waals surface area contributed by atoms with E-state index in [-0.39, 0.29) is 10.8 Å². The molecule has 2 heterocycles. The van der Waals surface area contributed by atoms with Crippen LogP contribution in [-0.4, -0.2) is 41.5 Å². The Morgan fingerprint density at radius 3 is 2.50 bits per heavy atom. The lowest BCUT2D eigenvalue weighted by Gasteiger charge is -2.18. The van der Waals surface area contributed by atoms with E-state index in [2.05, 4.69) is 5.10 Å². The summed E-state index contributed by atoms with van der Waals surface area (Å²) in [5.41, 5.74) is 2.00. The van der Waals surface area contributed by atoms with E-state index in [9.17, 15) is 13.2 Å². The Balaban J connectivity index is 2.02. The van der Waals surface area contributed by atoms with Gasteiger partial charge in [-0.05, 0) is 51.2 Å². The number of nitrogens with zero attached hydrogens (tertiary/aromatic N) is 3. The number of aryl methyl sites for hydroxylation is 3.